The summed E-state index contributed by atoms with van der Waals surface area (Å²) in [6, 6.07) is 5.71. The summed E-state index contributed by atoms with van der Waals surface area (Å²) >= 11 is 0. The standard InChI is InChI=1S/C17H23N3O3/c1-5-22-17(21)16-15(18-20-19-16)13-6-7-14(12(4)10-13)23-9-8-11(2)3/h6-7,10-11H,5,8-9H2,1-4H3,(H,18,19,20). The van der Waals surface area contributed by atoms with Gasteiger partial charge >= 0.3 is 5.97 Å². The van der Waals surface area contributed by atoms with Crippen molar-refractivity contribution >= 4 is 5.97 Å². The molecule has 23 heavy (non-hydrogen) atoms. The Balaban J connectivity index is 2.17. The number of ether oxygens (including phenoxy) is 2. The van der Waals surface area contributed by atoms with Crippen LogP contribution in [0.5, 0.6) is 5.75 Å². The van der Waals surface area contributed by atoms with E-state index in [1.165, 1.54) is 0 Å². The number of aromatic nitrogens is 3. The second-order valence-corrected chi connectivity index (χ2v) is 5.75. The first-order valence-corrected chi connectivity index (χ1v) is 7.84. The lowest BCUT2D eigenvalue weighted by Crippen LogP contribution is -2.07. The van der Waals surface area contributed by atoms with E-state index >= 15 is 0 Å². The van der Waals surface area contributed by atoms with Crippen molar-refractivity contribution in [1.82, 2.24) is 15.4 Å². The van der Waals surface area contributed by atoms with E-state index in [9.17, 15) is 4.79 Å². The number of H-pyrrole nitrogens is 1. The van der Waals surface area contributed by atoms with Crippen LogP contribution in [0.1, 0.15) is 43.2 Å². The molecule has 0 amide bonds. The molecular formula is C17H23N3O3. The number of nitrogens with one attached hydrogen (secondary N) is 1. The van der Waals surface area contributed by atoms with Gasteiger partial charge < -0.3 is 9.47 Å². The van der Waals surface area contributed by atoms with E-state index in [1.807, 2.05) is 25.1 Å². The molecule has 0 aliphatic rings. The number of nitrogens with zero attached hydrogens (tertiary/aromatic N) is 2. The molecule has 0 aliphatic carbocycles. The lowest BCUT2D eigenvalue weighted by Gasteiger charge is -2.11. The minimum absolute atomic E-state index is 0.194. The number of carbonyl (C=O) groups excluding carboxylic acids is 1. The highest BCUT2D eigenvalue weighted by atomic mass is 16.5. The van der Waals surface area contributed by atoms with Crippen LogP contribution in [-0.4, -0.2) is 34.6 Å². The largest absolute Gasteiger partial charge is 0.493 e. The van der Waals surface area contributed by atoms with E-state index in [1.54, 1.807) is 6.92 Å². The number of rotatable bonds is 7. The minimum Gasteiger partial charge on any atom is -0.493 e. The predicted octanol–water partition coefficient (Wildman–Crippen LogP) is 3.38. The van der Waals surface area contributed by atoms with E-state index in [4.69, 9.17) is 9.47 Å². The fourth-order valence-corrected chi connectivity index (χ4v) is 2.14. The molecule has 1 heterocycles. The van der Waals surface area contributed by atoms with Crippen LogP contribution in [0.25, 0.3) is 11.3 Å². The molecule has 0 saturated heterocycles. The van der Waals surface area contributed by atoms with Crippen LogP contribution in [0.2, 0.25) is 0 Å². The van der Waals surface area contributed by atoms with Gasteiger partial charge in [0.1, 0.15) is 11.4 Å². The van der Waals surface area contributed by atoms with Gasteiger partial charge in [0.2, 0.25) is 0 Å². The average molecular weight is 317 g/mol. The highest BCUT2D eigenvalue weighted by molar-refractivity contribution is 5.93. The molecule has 0 spiro atoms. The van der Waals surface area contributed by atoms with Crippen LogP contribution in [-0.2, 0) is 4.74 Å². The van der Waals surface area contributed by atoms with E-state index in [-0.39, 0.29) is 5.69 Å². The lowest BCUT2D eigenvalue weighted by molar-refractivity contribution is 0.0520. The minimum atomic E-state index is -0.480. The monoisotopic (exact) mass is 317 g/mol. The van der Waals surface area contributed by atoms with Crippen LogP contribution >= 0.6 is 0 Å². The number of aryl methyl sites for hydroxylation is 1. The third kappa shape index (κ3) is 4.31. The summed E-state index contributed by atoms with van der Waals surface area (Å²) in [6.07, 6.45) is 1.01. The molecule has 1 aromatic carbocycles. The summed E-state index contributed by atoms with van der Waals surface area (Å²) in [7, 11) is 0. The molecule has 6 heteroatoms. The summed E-state index contributed by atoms with van der Waals surface area (Å²) in [4.78, 5) is 11.9. The first-order valence-electron chi connectivity index (χ1n) is 7.84. The Morgan fingerprint density at radius 3 is 2.74 bits per heavy atom. The number of esters is 1. The zero-order valence-corrected chi connectivity index (χ0v) is 14.0. The van der Waals surface area contributed by atoms with Crippen molar-refractivity contribution in [2.45, 2.75) is 34.1 Å². The number of hydrogen-bond donors (Lipinski definition) is 1. The van der Waals surface area contributed by atoms with Gasteiger partial charge in [0.05, 0.1) is 13.2 Å². The van der Waals surface area contributed by atoms with Gasteiger partial charge in [0.25, 0.3) is 0 Å². The second-order valence-electron chi connectivity index (χ2n) is 5.75. The summed E-state index contributed by atoms with van der Waals surface area (Å²) in [5.41, 5.74) is 2.47. The molecule has 124 valence electrons. The molecule has 0 radical (unpaired) electrons. The Hall–Kier alpha value is -2.37. The number of carbonyl (C=O) groups is 1. The molecule has 0 saturated carbocycles. The summed E-state index contributed by atoms with van der Waals surface area (Å²) in [5, 5.41) is 10.4. The van der Waals surface area contributed by atoms with E-state index in [0.717, 1.165) is 23.3 Å². The van der Waals surface area contributed by atoms with Crippen molar-refractivity contribution in [3.8, 4) is 17.0 Å². The summed E-state index contributed by atoms with van der Waals surface area (Å²) < 4.78 is 10.8. The van der Waals surface area contributed by atoms with Crippen molar-refractivity contribution in [1.29, 1.82) is 0 Å². The zero-order valence-electron chi connectivity index (χ0n) is 14.0. The Morgan fingerprint density at radius 2 is 2.09 bits per heavy atom. The van der Waals surface area contributed by atoms with Crippen LogP contribution in [0.4, 0.5) is 0 Å². The van der Waals surface area contributed by atoms with Crippen molar-refractivity contribution in [3.63, 3.8) is 0 Å². The summed E-state index contributed by atoms with van der Waals surface area (Å²) in [6.45, 7) is 9.05. The van der Waals surface area contributed by atoms with Gasteiger partial charge in [-0.25, -0.2) is 4.79 Å². The molecule has 0 aliphatic heterocycles. The average Bonchev–Trinajstić information content (AvgIpc) is 2.98. The van der Waals surface area contributed by atoms with Crippen molar-refractivity contribution in [2.24, 2.45) is 5.92 Å². The van der Waals surface area contributed by atoms with Gasteiger partial charge in [-0.15, -0.1) is 5.10 Å². The molecule has 0 unspecified atom stereocenters. The third-order valence-electron chi connectivity index (χ3n) is 3.42. The summed E-state index contributed by atoms with van der Waals surface area (Å²) in [5.74, 6) is 0.971. The quantitative estimate of drug-likeness (QED) is 0.792. The first kappa shape index (κ1) is 17.0. The lowest BCUT2D eigenvalue weighted by atomic mass is 10.1. The fourth-order valence-electron chi connectivity index (χ4n) is 2.14. The van der Waals surface area contributed by atoms with E-state index in [0.29, 0.717) is 24.8 Å². The fraction of sp³-hybridized carbons (Fsp3) is 0.471. The molecule has 1 aromatic heterocycles. The Bertz CT molecular complexity index is 665. The Kier molecular flexibility index (Phi) is 5.73. The van der Waals surface area contributed by atoms with Gasteiger partial charge in [-0.05, 0) is 49.9 Å². The van der Waals surface area contributed by atoms with Crippen molar-refractivity contribution in [2.75, 3.05) is 13.2 Å². The van der Waals surface area contributed by atoms with Gasteiger partial charge in [-0.3, -0.25) is 0 Å². The molecule has 2 rings (SSSR count). The maximum absolute atomic E-state index is 11.9. The molecule has 0 fully saturated rings. The predicted molar refractivity (Wildman–Crippen MR) is 87.5 cm³/mol. The Labute approximate surface area is 136 Å². The third-order valence-corrected chi connectivity index (χ3v) is 3.42. The van der Waals surface area contributed by atoms with E-state index in [2.05, 4.69) is 29.3 Å². The van der Waals surface area contributed by atoms with E-state index < -0.39 is 5.97 Å². The van der Waals surface area contributed by atoms with Crippen LogP contribution in [0.15, 0.2) is 18.2 Å². The molecule has 1 N–H and O–H groups in total. The maximum atomic E-state index is 11.9. The van der Waals surface area contributed by atoms with Gasteiger partial charge in [0, 0.05) is 5.56 Å². The number of benzene rings is 1. The van der Waals surface area contributed by atoms with Crippen LogP contribution in [0.3, 0.4) is 0 Å². The molecule has 6 nitrogen and oxygen atoms in total. The number of hydrogen-bond acceptors (Lipinski definition) is 5. The van der Waals surface area contributed by atoms with Crippen LogP contribution < -0.4 is 4.74 Å². The highest BCUT2D eigenvalue weighted by Gasteiger charge is 2.19. The highest BCUT2D eigenvalue weighted by Crippen LogP contribution is 2.27. The molecule has 0 atom stereocenters. The second kappa shape index (κ2) is 7.76. The number of aromatic amines is 1. The van der Waals surface area contributed by atoms with Crippen molar-refractivity contribution in [3.05, 3.63) is 29.5 Å². The SMILES string of the molecule is CCOC(=O)c1n[nH]nc1-c1ccc(OCCC(C)C)c(C)c1. The first-order chi connectivity index (χ1) is 11.0. The smallest absolute Gasteiger partial charge is 0.361 e. The van der Waals surface area contributed by atoms with Gasteiger partial charge in [0.15, 0.2) is 5.69 Å². The molecule has 0 bridgehead atoms. The normalized spacial score (nSPS) is 10.8. The van der Waals surface area contributed by atoms with Crippen molar-refractivity contribution < 1.29 is 14.3 Å². The molecular weight excluding hydrogens is 294 g/mol. The zero-order chi connectivity index (χ0) is 16.8. The maximum Gasteiger partial charge on any atom is 0.361 e. The molecule has 2 aromatic rings. The van der Waals surface area contributed by atoms with Gasteiger partial charge in [-0.2, -0.15) is 10.3 Å². The van der Waals surface area contributed by atoms with Gasteiger partial charge in [-0.1, -0.05) is 13.8 Å². The Morgan fingerprint density at radius 1 is 1.30 bits per heavy atom. The van der Waals surface area contributed by atoms with Crippen LogP contribution in [0, 0.1) is 12.8 Å². The topological polar surface area (TPSA) is 77.1 Å².